The van der Waals surface area contributed by atoms with Gasteiger partial charge in [-0.15, -0.1) is 0 Å². The summed E-state index contributed by atoms with van der Waals surface area (Å²) >= 11 is 0. The Morgan fingerprint density at radius 2 is 1.82 bits per heavy atom. The van der Waals surface area contributed by atoms with Crippen molar-refractivity contribution in [1.82, 2.24) is 10.2 Å². The van der Waals surface area contributed by atoms with Gasteiger partial charge in [-0.2, -0.15) is 13.2 Å². The van der Waals surface area contributed by atoms with Crippen molar-refractivity contribution in [3.8, 4) is 0 Å². The minimum Gasteiger partial charge on any atom is -0.345 e. The zero-order chi connectivity index (χ0) is 13.3. The molecule has 0 aromatic carbocycles. The molecule has 7 heteroatoms. The molecule has 1 fully saturated rings. The van der Waals surface area contributed by atoms with E-state index >= 15 is 0 Å². The molecular formula is C10H15F3N2O2. The van der Waals surface area contributed by atoms with Crippen LogP contribution in [-0.2, 0) is 9.59 Å². The van der Waals surface area contributed by atoms with Crippen LogP contribution in [0.2, 0.25) is 0 Å². The number of carbonyl (C=O) groups is 2. The molecule has 0 unspecified atom stereocenters. The van der Waals surface area contributed by atoms with Crippen molar-refractivity contribution in [2.24, 2.45) is 0 Å². The van der Waals surface area contributed by atoms with Crippen LogP contribution in [0.4, 0.5) is 13.2 Å². The van der Waals surface area contributed by atoms with Gasteiger partial charge in [-0.25, -0.2) is 0 Å². The molecule has 0 atom stereocenters. The number of piperazine rings is 1. The van der Waals surface area contributed by atoms with E-state index in [9.17, 15) is 22.8 Å². The molecule has 0 aromatic heterocycles. The molecule has 1 aliphatic rings. The first-order valence-electron chi connectivity index (χ1n) is 5.42. The van der Waals surface area contributed by atoms with Gasteiger partial charge in [0.25, 0.3) is 0 Å². The van der Waals surface area contributed by atoms with Gasteiger partial charge in [0, 0.05) is 0 Å². The number of rotatable bonds is 3. The van der Waals surface area contributed by atoms with Crippen molar-refractivity contribution in [3.63, 3.8) is 0 Å². The summed E-state index contributed by atoms with van der Waals surface area (Å²) in [5.74, 6) is -1.20. The second kappa shape index (κ2) is 4.54. The molecule has 0 aliphatic carbocycles. The lowest BCUT2D eigenvalue weighted by atomic mass is 9.87. The second-order valence-electron chi connectivity index (χ2n) is 4.02. The summed E-state index contributed by atoms with van der Waals surface area (Å²) < 4.78 is 37.3. The standard InChI is InChI=1S/C10H15F3N2O2/c1-3-9(4-2)8(17)14-5-7(16)15(9)6-10(11,12)13/h3-6H2,1-2H3,(H,14,17). The quantitative estimate of drug-likeness (QED) is 0.816. The third-order valence-corrected chi connectivity index (χ3v) is 3.15. The zero-order valence-electron chi connectivity index (χ0n) is 9.73. The largest absolute Gasteiger partial charge is 0.406 e. The number of hydrogen-bond acceptors (Lipinski definition) is 2. The Balaban J connectivity index is 3.08. The first kappa shape index (κ1) is 13.8. The van der Waals surface area contributed by atoms with E-state index in [1.54, 1.807) is 13.8 Å². The summed E-state index contributed by atoms with van der Waals surface area (Å²) in [4.78, 5) is 24.0. The van der Waals surface area contributed by atoms with Crippen LogP contribution >= 0.6 is 0 Å². The topological polar surface area (TPSA) is 49.4 Å². The maximum atomic E-state index is 12.4. The van der Waals surface area contributed by atoms with E-state index in [2.05, 4.69) is 5.32 Å². The molecule has 4 nitrogen and oxygen atoms in total. The van der Waals surface area contributed by atoms with E-state index in [0.717, 1.165) is 0 Å². The first-order valence-corrected chi connectivity index (χ1v) is 5.42. The first-order chi connectivity index (χ1) is 7.77. The molecule has 1 heterocycles. The molecule has 0 bridgehead atoms. The molecule has 0 saturated carbocycles. The van der Waals surface area contributed by atoms with E-state index in [0.29, 0.717) is 4.90 Å². The average molecular weight is 252 g/mol. The number of nitrogens with zero attached hydrogens (tertiary/aromatic N) is 1. The van der Waals surface area contributed by atoms with Gasteiger partial charge in [0.15, 0.2) is 0 Å². The zero-order valence-corrected chi connectivity index (χ0v) is 9.73. The second-order valence-corrected chi connectivity index (χ2v) is 4.02. The summed E-state index contributed by atoms with van der Waals surface area (Å²) in [6.45, 7) is 1.47. The van der Waals surface area contributed by atoms with E-state index in [-0.39, 0.29) is 19.4 Å². The Morgan fingerprint density at radius 1 is 1.29 bits per heavy atom. The van der Waals surface area contributed by atoms with Crippen molar-refractivity contribution in [1.29, 1.82) is 0 Å². The van der Waals surface area contributed by atoms with Crippen LogP contribution in [0.5, 0.6) is 0 Å². The SMILES string of the molecule is CCC1(CC)C(=O)NCC(=O)N1CC(F)(F)F. The van der Waals surface area contributed by atoms with Crippen LogP contribution < -0.4 is 5.32 Å². The third-order valence-electron chi connectivity index (χ3n) is 3.15. The Hall–Kier alpha value is -1.27. The van der Waals surface area contributed by atoms with Crippen LogP contribution in [0.1, 0.15) is 26.7 Å². The van der Waals surface area contributed by atoms with Crippen molar-refractivity contribution >= 4 is 11.8 Å². The predicted octanol–water partition coefficient (Wildman–Crippen LogP) is 1.07. The molecule has 2 amide bonds. The fourth-order valence-corrected chi connectivity index (χ4v) is 2.15. The number of hydrogen-bond donors (Lipinski definition) is 1. The maximum Gasteiger partial charge on any atom is 0.406 e. The Kier molecular flexibility index (Phi) is 3.68. The smallest absolute Gasteiger partial charge is 0.345 e. The highest BCUT2D eigenvalue weighted by Crippen LogP contribution is 2.30. The fraction of sp³-hybridized carbons (Fsp3) is 0.800. The van der Waals surface area contributed by atoms with Gasteiger partial charge in [-0.1, -0.05) is 13.8 Å². The van der Waals surface area contributed by atoms with Crippen molar-refractivity contribution in [3.05, 3.63) is 0 Å². The third kappa shape index (κ3) is 2.53. The van der Waals surface area contributed by atoms with Crippen molar-refractivity contribution in [2.75, 3.05) is 13.1 Å². The van der Waals surface area contributed by atoms with E-state index in [1.165, 1.54) is 0 Å². The molecule has 0 spiro atoms. The van der Waals surface area contributed by atoms with Crippen molar-refractivity contribution < 1.29 is 22.8 Å². The summed E-state index contributed by atoms with van der Waals surface area (Å²) in [6.07, 6.45) is -4.17. The monoisotopic (exact) mass is 252 g/mol. The molecule has 0 radical (unpaired) electrons. The predicted molar refractivity (Wildman–Crippen MR) is 54.1 cm³/mol. The van der Waals surface area contributed by atoms with Gasteiger partial charge >= 0.3 is 6.18 Å². The lowest BCUT2D eigenvalue weighted by molar-refractivity contribution is -0.181. The van der Waals surface area contributed by atoms with Gasteiger partial charge in [0.1, 0.15) is 12.1 Å². The summed E-state index contributed by atoms with van der Waals surface area (Å²) in [5, 5.41) is 2.34. The molecule has 98 valence electrons. The lowest BCUT2D eigenvalue weighted by Crippen LogP contribution is -2.68. The number of halogens is 3. The van der Waals surface area contributed by atoms with Gasteiger partial charge in [-0.3, -0.25) is 9.59 Å². The maximum absolute atomic E-state index is 12.4. The van der Waals surface area contributed by atoms with Gasteiger partial charge in [-0.05, 0) is 12.8 Å². The van der Waals surface area contributed by atoms with Crippen molar-refractivity contribution in [2.45, 2.75) is 38.4 Å². The van der Waals surface area contributed by atoms with Crippen LogP contribution in [0, 0.1) is 0 Å². The molecular weight excluding hydrogens is 237 g/mol. The van der Waals surface area contributed by atoms with Gasteiger partial charge in [0.05, 0.1) is 6.54 Å². The normalized spacial score (nSPS) is 20.4. The highest BCUT2D eigenvalue weighted by Gasteiger charge is 2.50. The van der Waals surface area contributed by atoms with Crippen LogP contribution in [0.3, 0.4) is 0 Å². The number of carbonyl (C=O) groups excluding carboxylic acids is 2. The number of amides is 2. The number of alkyl halides is 3. The highest BCUT2D eigenvalue weighted by atomic mass is 19.4. The Morgan fingerprint density at radius 3 is 2.24 bits per heavy atom. The van der Waals surface area contributed by atoms with Gasteiger partial charge < -0.3 is 10.2 Å². The Bertz CT molecular complexity index is 324. The van der Waals surface area contributed by atoms with Gasteiger partial charge in [0.2, 0.25) is 11.8 Å². The fourth-order valence-electron chi connectivity index (χ4n) is 2.15. The average Bonchev–Trinajstić information content (AvgIpc) is 2.23. The van der Waals surface area contributed by atoms with Crippen LogP contribution in [-0.4, -0.2) is 41.5 Å². The van der Waals surface area contributed by atoms with Crippen LogP contribution in [0.15, 0.2) is 0 Å². The lowest BCUT2D eigenvalue weighted by Gasteiger charge is -2.45. The summed E-state index contributed by atoms with van der Waals surface area (Å²) in [6, 6.07) is 0. The number of nitrogens with one attached hydrogen (secondary N) is 1. The minimum absolute atomic E-state index is 0.164. The van der Waals surface area contributed by atoms with Crippen LogP contribution in [0.25, 0.3) is 0 Å². The summed E-state index contributed by atoms with van der Waals surface area (Å²) in [5.41, 5.74) is -1.37. The van der Waals surface area contributed by atoms with E-state index in [1.807, 2.05) is 0 Å². The molecule has 1 aliphatic heterocycles. The highest BCUT2D eigenvalue weighted by molar-refractivity contribution is 5.97. The minimum atomic E-state index is -4.50. The molecule has 1 N–H and O–H groups in total. The Labute approximate surface area is 97.1 Å². The van der Waals surface area contributed by atoms with E-state index < -0.39 is 30.1 Å². The molecule has 1 rings (SSSR count). The molecule has 0 aromatic rings. The van der Waals surface area contributed by atoms with E-state index in [4.69, 9.17) is 0 Å². The molecule has 1 saturated heterocycles. The molecule has 17 heavy (non-hydrogen) atoms. The summed E-state index contributed by atoms with van der Waals surface area (Å²) in [7, 11) is 0.